The van der Waals surface area contributed by atoms with E-state index in [-0.39, 0.29) is 0 Å². The third kappa shape index (κ3) is 3.08. The van der Waals surface area contributed by atoms with Crippen LogP contribution in [-0.4, -0.2) is 18.2 Å². The number of nitrogens with zero attached hydrogens (tertiary/aromatic N) is 2. The third-order valence-corrected chi connectivity index (χ3v) is 2.68. The molecule has 0 radical (unpaired) electrons. The maximum Gasteiger partial charge on any atom is 0.0992 e. The Labute approximate surface area is 103 Å². The molecule has 0 spiro atoms. The molecule has 1 atom stereocenters. The molecule has 1 aromatic rings. The van der Waals surface area contributed by atoms with Gasteiger partial charge in [0.25, 0.3) is 0 Å². The Morgan fingerprint density at radius 3 is 2.76 bits per heavy atom. The van der Waals surface area contributed by atoms with Crippen LogP contribution in [0.4, 0.5) is 5.69 Å². The summed E-state index contributed by atoms with van der Waals surface area (Å²) in [6.07, 6.45) is 1.27. The number of aliphatic hydroxyl groups excluding tert-OH is 1. The van der Waals surface area contributed by atoms with Gasteiger partial charge >= 0.3 is 0 Å². The van der Waals surface area contributed by atoms with Gasteiger partial charge in [0.15, 0.2) is 0 Å². The van der Waals surface area contributed by atoms with E-state index >= 15 is 0 Å². The minimum atomic E-state index is -0.545. The maximum atomic E-state index is 9.75. The zero-order valence-corrected chi connectivity index (χ0v) is 10.3. The minimum absolute atomic E-state index is 0.545. The number of hydrogen-bond donors (Lipinski definition) is 1. The van der Waals surface area contributed by atoms with Crippen molar-refractivity contribution in [3.05, 3.63) is 42.0 Å². The Morgan fingerprint density at radius 2 is 2.29 bits per heavy atom. The van der Waals surface area contributed by atoms with Crippen LogP contribution in [0.15, 0.2) is 30.9 Å². The zero-order chi connectivity index (χ0) is 12.8. The number of rotatable bonds is 5. The summed E-state index contributed by atoms with van der Waals surface area (Å²) >= 11 is 0. The largest absolute Gasteiger partial charge is 0.389 e. The molecule has 0 heterocycles. The van der Waals surface area contributed by atoms with Crippen molar-refractivity contribution in [3.8, 4) is 6.07 Å². The predicted octanol–water partition coefficient (Wildman–Crippen LogP) is 2.62. The molecule has 0 bridgehead atoms. The van der Waals surface area contributed by atoms with Gasteiger partial charge in [-0.25, -0.2) is 0 Å². The van der Waals surface area contributed by atoms with Crippen molar-refractivity contribution in [3.63, 3.8) is 0 Å². The topological polar surface area (TPSA) is 47.3 Å². The van der Waals surface area contributed by atoms with Crippen LogP contribution in [0, 0.1) is 11.3 Å². The smallest absolute Gasteiger partial charge is 0.0992 e. The van der Waals surface area contributed by atoms with Gasteiger partial charge < -0.3 is 10.0 Å². The van der Waals surface area contributed by atoms with Crippen LogP contribution in [0.3, 0.4) is 0 Å². The minimum Gasteiger partial charge on any atom is -0.389 e. The van der Waals surface area contributed by atoms with Crippen molar-refractivity contribution in [2.45, 2.75) is 20.0 Å². The van der Waals surface area contributed by atoms with E-state index in [9.17, 15) is 5.11 Å². The molecule has 17 heavy (non-hydrogen) atoms. The van der Waals surface area contributed by atoms with Crippen molar-refractivity contribution in [2.75, 3.05) is 18.0 Å². The van der Waals surface area contributed by atoms with Crippen molar-refractivity contribution in [2.24, 2.45) is 0 Å². The summed E-state index contributed by atoms with van der Waals surface area (Å²) in [6.45, 7) is 8.99. The summed E-state index contributed by atoms with van der Waals surface area (Å²) in [5, 5.41) is 18.7. The van der Waals surface area contributed by atoms with Gasteiger partial charge in [0.05, 0.1) is 17.7 Å². The lowest BCUT2D eigenvalue weighted by Crippen LogP contribution is -2.24. The van der Waals surface area contributed by atoms with Crippen molar-refractivity contribution in [1.29, 1.82) is 5.26 Å². The van der Waals surface area contributed by atoms with Crippen LogP contribution in [0.25, 0.3) is 0 Å². The van der Waals surface area contributed by atoms with E-state index in [0.717, 1.165) is 17.8 Å². The Hall–Kier alpha value is -1.79. The van der Waals surface area contributed by atoms with Crippen molar-refractivity contribution in [1.82, 2.24) is 0 Å². The van der Waals surface area contributed by atoms with E-state index in [1.807, 2.05) is 25.1 Å². The second kappa shape index (κ2) is 6.07. The molecule has 3 nitrogen and oxygen atoms in total. The summed E-state index contributed by atoms with van der Waals surface area (Å²) in [5.41, 5.74) is 2.35. The van der Waals surface area contributed by atoms with E-state index in [2.05, 4.69) is 17.5 Å². The van der Waals surface area contributed by atoms with E-state index in [1.54, 1.807) is 13.0 Å². The number of likely N-dealkylation sites (N-methyl/N-ethyl adjacent to an activating group) is 1. The quantitative estimate of drug-likeness (QED) is 0.791. The van der Waals surface area contributed by atoms with E-state index in [0.29, 0.717) is 12.1 Å². The van der Waals surface area contributed by atoms with Gasteiger partial charge in [-0.2, -0.15) is 5.26 Å². The average Bonchev–Trinajstić information content (AvgIpc) is 2.35. The average molecular weight is 230 g/mol. The van der Waals surface area contributed by atoms with Gasteiger partial charge in [-0.05, 0) is 26.0 Å². The predicted molar refractivity (Wildman–Crippen MR) is 69.9 cm³/mol. The summed E-state index contributed by atoms with van der Waals surface area (Å²) < 4.78 is 0. The summed E-state index contributed by atoms with van der Waals surface area (Å²) in [4.78, 5) is 2.08. The van der Waals surface area contributed by atoms with Crippen LogP contribution in [0.5, 0.6) is 0 Å². The molecule has 0 aliphatic rings. The molecule has 0 saturated heterocycles. The lowest BCUT2D eigenvalue weighted by molar-refractivity contribution is 0.199. The summed E-state index contributed by atoms with van der Waals surface area (Å²) in [5.74, 6) is 0. The fourth-order valence-corrected chi connectivity index (χ4v) is 1.79. The highest BCUT2D eigenvalue weighted by molar-refractivity contribution is 5.58. The number of hydrogen-bond acceptors (Lipinski definition) is 3. The van der Waals surface area contributed by atoms with Gasteiger partial charge in [0, 0.05) is 24.3 Å². The van der Waals surface area contributed by atoms with Gasteiger partial charge in [0.2, 0.25) is 0 Å². The molecule has 1 rings (SSSR count). The SMILES string of the molecule is C=CCN(CC)c1cc(C#N)ccc1C(C)O. The number of anilines is 1. The van der Waals surface area contributed by atoms with Crippen molar-refractivity contribution >= 4 is 5.69 Å². The molecule has 0 fully saturated rings. The van der Waals surface area contributed by atoms with Crippen LogP contribution >= 0.6 is 0 Å². The Bertz CT molecular complexity index is 432. The Balaban J connectivity index is 3.25. The highest BCUT2D eigenvalue weighted by atomic mass is 16.3. The fourth-order valence-electron chi connectivity index (χ4n) is 1.79. The van der Waals surface area contributed by atoms with Crippen LogP contribution in [-0.2, 0) is 0 Å². The standard InChI is InChI=1S/C14H18N2O/c1-4-8-16(5-2)14-9-12(10-15)6-7-13(14)11(3)17/h4,6-7,9,11,17H,1,5,8H2,2-3H3. The van der Waals surface area contributed by atoms with Gasteiger partial charge in [0.1, 0.15) is 0 Å². The molecule has 0 saturated carbocycles. The highest BCUT2D eigenvalue weighted by Gasteiger charge is 2.13. The molecule has 1 N–H and O–H groups in total. The van der Waals surface area contributed by atoms with Crippen molar-refractivity contribution < 1.29 is 5.11 Å². The molecule has 0 aromatic heterocycles. The molecular weight excluding hydrogens is 212 g/mol. The zero-order valence-electron chi connectivity index (χ0n) is 10.3. The van der Waals surface area contributed by atoms with E-state index in [4.69, 9.17) is 5.26 Å². The molecule has 90 valence electrons. The molecule has 3 heteroatoms. The maximum absolute atomic E-state index is 9.75. The first-order chi connectivity index (χ1) is 8.13. The summed E-state index contributed by atoms with van der Waals surface area (Å²) in [7, 11) is 0. The first kappa shape index (κ1) is 13.3. The lowest BCUT2D eigenvalue weighted by Gasteiger charge is -2.25. The van der Waals surface area contributed by atoms with E-state index < -0.39 is 6.10 Å². The van der Waals surface area contributed by atoms with Gasteiger partial charge in [-0.1, -0.05) is 12.1 Å². The Kier molecular flexibility index (Phi) is 4.74. The van der Waals surface area contributed by atoms with Gasteiger partial charge in [-0.15, -0.1) is 6.58 Å². The van der Waals surface area contributed by atoms with E-state index in [1.165, 1.54) is 0 Å². The second-order valence-electron chi connectivity index (χ2n) is 3.89. The number of nitriles is 1. The summed E-state index contributed by atoms with van der Waals surface area (Å²) in [6, 6.07) is 7.47. The Morgan fingerprint density at radius 1 is 1.59 bits per heavy atom. The monoisotopic (exact) mass is 230 g/mol. The molecule has 0 aliphatic carbocycles. The fraction of sp³-hybridized carbons (Fsp3) is 0.357. The van der Waals surface area contributed by atoms with Crippen LogP contribution < -0.4 is 4.90 Å². The molecule has 0 aliphatic heterocycles. The second-order valence-corrected chi connectivity index (χ2v) is 3.89. The van der Waals surface area contributed by atoms with Crippen LogP contribution in [0.2, 0.25) is 0 Å². The molecule has 1 unspecified atom stereocenters. The third-order valence-electron chi connectivity index (χ3n) is 2.68. The van der Waals surface area contributed by atoms with Gasteiger partial charge in [-0.3, -0.25) is 0 Å². The highest BCUT2D eigenvalue weighted by Crippen LogP contribution is 2.27. The first-order valence-corrected chi connectivity index (χ1v) is 5.72. The number of aliphatic hydroxyl groups is 1. The molecule has 0 amide bonds. The normalized spacial score (nSPS) is 11.6. The lowest BCUT2D eigenvalue weighted by atomic mass is 10.0. The van der Waals surface area contributed by atoms with Crippen LogP contribution in [0.1, 0.15) is 31.1 Å². The first-order valence-electron chi connectivity index (χ1n) is 5.72. The molecular formula is C14H18N2O. The molecule has 1 aromatic carbocycles. The number of benzene rings is 1.